The van der Waals surface area contributed by atoms with Crippen molar-refractivity contribution in [2.24, 2.45) is 0 Å². The van der Waals surface area contributed by atoms with Gasteiger partial charge in [0.25, 0.3) is 0 Å². The fourth-order valence-corrected chi connectivity index (χ4v) is 2.16. The van der Waals surface area contributed by atoms with E-state index in [0.717, 1.165) is 11.4 Å². The van der Waals surface area contributed by atoms with Gasteiger partial charge < -0.3 is 4.90 Å². The van der Waals surface area contributed by atoms with Crippen LogP contribution in [0.25, 0.3) is 0 Å². The molecule has 0 radical (unpaired) electrons. The standard InChI is InChI=1S/C7H14BrN/c1-9-5-3-2-4-7(9)6-8/h7H,2-6H2,1H3. The van der Waals surface area contributed by atoms with Crippen molar-refractivity contribution < 1.29 is 0 Å². The van der Waals surface area contributed by atoms with Crippen LogP contribution in [0.5, 0.6) is 0 Å². The molecule has 1 fully saturated rings. The van der Waals surface area contributed by atoms with Crippen LogP contribution in [0, 0.1) is 0 Å². The van der Waals surface area contributed by atoms with Gasteiger partial charge in [-0.1, -0.05) is 22.4 Å². The maximum Gasteiger partial charge on any atom is 0.0189 e. The molecule has 0 saturated carbocycles. The van der Waals surface area contributed by atoms with Gasteiger partial charge in [-0.3, -0.25) is 0 Å². The largest absolute Gasteiger partial charge is 0.303 e. The van der Waals surface area contributed by atoms with Crippen LogP contribution < -0.4 is 0 Å². The third-order valence-electron chi connectivity index (χ3n) is 2.10. The summed E-state index contributed by atoms with van der Waals surface area (Å²) in [6, 6.07) is 0.804. The van der Waals surface area contributed by atoms with E-state index in [1.807, 2.05) is 0 Å². The van der Waals surface area contributed by atoms with Gasteiger partial charge in [0.2, 0.25) is 0 Å². The second-order valence-electron chi connectivity index (χ2n) is 2.78. The highest BCUT2D eigenvalue weighted by atomic mass is 79.9. The van der Waals surface area contributed by atoms with E-state index in [4.69, 9.17) is 0 Å². The van der Waals surface area contributed by atoms with Crippen molar-refractivity contribution in [3.63, 3.8) is 0 Å². The Labute approximate surface area is 65.6 Å². The Morgan fingerprint density at radius 2 is 2.33 bits per heavy atom. The van der Waals surface area contributed by atoms with Gasteiger partial charge in [-0.05, 0) is 26.4 Å². The minimum Gasteiger partial charge on any atom is -0.303 e. The SMILES string of the molecule is CN1CCCCC1CBr. The van der Waals surface area contributed by atoms with Crippen molar-refractivity contribution in [3.05, 3.63) is 0 Å². The van der Waals surface area contributed by atoms with E-state index >= 15 is 0 Å². The number of halogens is 1. The van der Waals surface area contributed by atoms with Crippen molar-refractivity contribution in [1.82, 2.24) is 4.90 Å². The highest BCUT2D eigenvalue weighted by Crippen LogP contribution is 2.15. The van der Waals surface area contributed by atoms with Crippen LogP contribution in [0.15, 0.2) is 0 Å². The zero-order valence-electron chi connectivity index (χ0n) is 5.94. The minimum atomic E-state index is 0.804. The summed E-state index contributed by atoms with van der Waals surface area (Å²) in [6.45, 7) is 1.29. The lowest BCUT2D eigenvalue weighted by molar-refractivity contribution is 0.205. The van der Waals surface area contributed by atoms with Crippen LogP contribution in [0.2, 0.25) is 0 Å². The molecule has 0 spiro atoms. The molecule has 2 heteroatoms. The molecule has 0 bridgehead atoms. The predicted octanol–water partition coefficient (Wildman–Crippen LogP) is 1.87. The maximum atomic E-state index is 3.51. The summed E-state index contributed by atoms with van der Waals surface area (Å²) in [5.74, 6) is 0. The maximum absolute atomic E-state index is 3.51. The summed E-state index contributed by atoms with van der Waals surface area (Å²) in [4.78, 5) is 2.44. The average molecular weight is 192 g/mol. The lowest BCUT2D eigenvalue weighted by atomic mass is 10.1. The second-order valence-corrected chi connectivity index (χ2v) is 3.43. The Balaban J connectivity index is 2.30. The molecule has 0 aromatic rings. The molecule has 1 aliphatic rings. The van der Waals surface area contributed by atoms with Crippen LogP contribution in [0.4, 0.5) is 0 Å². The molecule has 0 aromatic carbocycles. The molecule has 0 amide bonds. The van der Waals surface area contributed by atoms with Crippen LogP contribution in [0.3, 0.4) is 0 Å². The van der Waals surface area contributed by atoms with Crippen molar-refractivity contribution >= 4 is 15.9 Å². The molecule has 54 valence electrons. The Bertz CT molecular complexity index is 85.0. The first-order valence-electron chi connectivity index (χ1n) is 3.61. The van der Waals surface area contributed by atoms with Crippen LogP contribution in [-0.4, -0.2) is 29.9 Å². The molecule has 0 N–H and O–H groups in total. The molecule has 1 rings (SSSR count). The number of piperidine rings is 1. The van der Waals surface area contributed by atoms with Crippen molar-refractivity contribution in [3.8, 4) is 0 Å². The van der Waals surface area contributed by atoms with Crippen LogP contribution >= 0.6 is 15.9 Å². The highest BCUT2D eigenvalue weighted by molar-refractivity contribution is 9.09. The number of alkyl halides is 1. The zero-order valence-corrected chi connectivity index (χ0v) is 7.52. The normalized spacial score (nSPS) is 30.7. The minimum absolute atomic E-state index is 0.804. The van der Waals surface area contributed by atoms with E-state index < -0.39 is 0 Å². The monoisotopic (exact) mass is 191 g/mol. The summed E-state index contributed by atoms with van der Waals surface area (Å²) in [5, 5.41) is 1.14. The Morgan fingerprint density at radius 3 is 2.78 bits per heavy atom. The molecule has 1 atom stereocenters. The molecule has 1 saturated heterocycles. The lowest BCUT2D eigenvalue weighted by Crippen LogP contribution is -2.37. The Morgan fingerprint density at radius 1 is 1.56 bits per heavy atom. The van der Waals surface area contributed by atoms with E-state index in [0.29, 0.717) is 0 Å². The predicted molar refractivity (Wildman–Crippen MR) is 44.1 cm³/mol. The van der Waals surface area contributed by atoms with E-state index in [1.54, 1.807) is 0 Å². The Hall–Kier alpha value is 0.440. The lowest BCUT2D eigenvalue weighted by Gasteiger charge is -2.30. The molecule has 1 unspecified atom stereocenters. The van der Waals surface area contributed by atoms with Crippen molar-refractivity contribution in [2.45, 2.75) is 25.3 Å². The van der Waals surface area contributed by atoms with Gasteiger partial charge in [0.1, 0.15) is 0 Å². The molecule has 1 heterocycles. The quantitative estimate of drug-likeness (QED) is 0.573. The van der Waals surface area contributed by atoms with Crippen LogP contribution in [-0.2, 0) is 0 Å². The number of hydrogen-bond acceptors (Lipinski definition) is 1. The number of nitrogens with zero attached hydrogens (tertiary/aromatic N) is 1. The van der Waals surface area contributed by atoms with E-state index in [2.05, 4.69) is 27.9 Å². The van der Waals surface area contributed by atoms with Crippen molar-refractivity contribution in [1.29, 1.82) is 0 Å². The van der Waals surface area contributed by atoms with Gasteiger partial charge in [0, 0.05) is 11.4 Å². The van der Waals surface area contributed by atoms with Gasteiger partial charge in [-0.2, -0.15) is 0 Å². The topological polar surface area (TPSA) is 3.24 Å². The molecule has 1 aliphatic heterocycles. The van der Waals surface area contributed by atoms with Gasteiger partial charge in [-0.15, -0.1) is 0 Å². The van der Waals surface area contributed by atoms with E-state index in [-0.39, 0.29) is 0 Å². The van der Waals surface area contributed by atoms with E-state index in [1.165, 1.54) is 25.8 Å². The first-order valence-corrected chi connectivity index (χ1v) is 4.73. The fraction of sp³-hybridized carbons (Fsp3) is 1.00. The number of hydrogen-bond donors (Lipinski definition) is 0. The molecule has 9 heavy (non-hydrogen) atoms. The molecule has 0 aromatic heterocycles. The third kappa shape index (κ3) is 1.94. The first-order chi connectivity index (χ1) is 4.34. The van der Waals surface area contributed by atoms with Gasteiger partial charge in [-0.25, -0.2) is 0 Å². The summed E-state index contributed by atoms with van der Waals surface area (Å²) < 4.78 is 0. The average Bonchev–Trinajstić information content (AvgIpc) is 1.89. The molecule has 0 aliphatic carbocycles. The summed E-state index contributed by atoms with van der Waals surface area (Å²) in [5.41, 5.74) is 0. The van der Waals surface area contributed by atoms with Gasteiger partial charge in [0.05, 0.1) is 0 Å². The third-order valence-corrected chi connectivity index (χ3v) is 2.85. The Kier molecular flexibility index (Phi) is 2.99. The number of likely N-dealkylation sites (tertiary alicyclic amines) is 1. The number of rotatable bonds is 1. The fourth-order valence-electron chi connectivity index (χ4n) is 1.34. The second kappa shape index (κ2) is 3.57. The summed E-state index contributed by atoms with van der Waals surface area (Å²) in [7, 11) is 2.21. The summed E-state index contributed by atoms with van der Waals surface area (Å²) in [6.07, 6.45) is 4.18. The summed E-state index contributed by atoms with van der Waals surface area (Å²) >= 11 is 3.51. The van der Waals surface area contributed by atoms with Crippen LogP contribution in [0.1, 0.15) is 19.3 Å². The zero-order chi connectivity index (χ0) is 6.69. The molecule has 1 nitrogen and oxygen atoms in total. The van der Waals surface area contributed by atoms with E-state index in [9.17, 15) is 0 Å². The van der Waals surface area contributed by atoms with Gasteiger partial charge >= 0.3 is 0 Å². The smallest absolute Gasteiger partial charge is 0.0189 e. The van der Waals surface area contributed by atoms with Crippen molar-refractivity contribution in [2.75, 3.05) is 18.9 Å². The van der Waals surface area contributed by atoms with Gasteiger partial charge in [0.15, 0.2) is 0 Å². The first kappa shape index (κ1) is 7.55. The molecular formula is C7H14BrN. The molecular weight excluding hydrogens is 178 g/mol. The highest BCUT2D eigenvalue weighted by Gasteiger charge is 2.16.